The third-order valence-electron chi connectivity index (χ3n) is 1.72. The smallest absolute Gasteiger partial charge is 0.222 e. The monoisotopic (exact) mass is 186 g/mol. The van der Waals surface area contributed by atoms with Crippen LogP contribution < -0.4 is 5.32 Å². The molecule has 0 unspecified atom stereocenters. The summed E-state index contributed by atoms with van der Waals surface area (Å²) in [5.41, 5.74) is 0.972. The van der Waals surface area contributed by atoms with Crippen molar-refractivity contribution in [2.24, 2.45) is 0 Å². The largest absolute Gasteiger partial charge is 0.349 e. The zero-order chi connectivity index (χ0) is 9.64. The second kappa shape index (κ2) is 4.32. The van der Waals surface area contributed by atoms with Crippen LogP contribution in [0.1, 0.15) is 5.69 Å². The lowest BCUT2D eigenvalue weighted by molar-refractivity contribution is 1.00. The number of nitrogens with zero attached hydrogens (tertiary/aromatic N) is 3. The maximum atomic E-state index is 4.18. The fourth-order valence-electron chi connectivity index (χ4n) is 1.06. The van der Waals surface area contributed by atoms with Crippen LogP contribution in [0.25, 0.3) is 0 Å². The number of rotatable bonds is 3. The summed E-state index contributed by atoms with van der Waals surface area (Å²) in [5, 5.41) is 3.08. The second-order valence-corrected chi connectivity index (χ2v) is 2.75. The summed E-state index contributed by atoms with van der Waals surface area (Å²) in [4.78, 5) is 12.3. The van der Waals surface area contributed by atoms with E-state index in [1.807, 2.05) is 18.2 Å². The van der Waals surface area contributed by atoms with Gasteiger partial charge in [-0.2, -0.15) is 0 Å². The highest BCUT2D eigenvalue weighted by Crippen LogP contribution is 1.98. The minimum atomic E-state index is 0.623. The van der Waals surface area contributed by atoms with Gasteiger partial charge in [0.05, 0.1) is 12.2 Å². The van der Waals surface area contributed by atoms with Crippen molar-refractivity contribution in [2.75, 3.05) is 5.32 Å². The molecule has 0 fully saturated rings. The van der Waals surface area contributed by atoms with Crippen molar-refractivity contribution in [3.63, 3.8) is 0 Å². The molecule has 0 aliphatic carbocycles. The minimum Gasteiger partial charge on any atom is -0.349 e. The molecule has 4 nitrogen and oxygen atoms in total. The van der Waals surface area contributed by atoms with Gasteiger partial charge in [-0.1, -0.05) is 6.07 Å². The molecular formula is C10H10N4. The Morgan fingerprint density at radius 2 is 1.71 bits per heavy atom. The number of hydrogen-bond donors (Lipinski definition) is 1. The molecule has 0 aliphatic heterocycles. The van der Waals surface area contributed by atoms with E-state index < -0.39 is 0 Å². The van der Waals surface area contributed by atoms with Crippen LogP contribution in [0.4, 0.5) is 5.95 Å². The molecule has 0 saturated heterocycles. The SMILES string of the molecule is c1ccc(CNc2ncccn2)nc1. The predicted molar refractivity (Wildman–Crippen MR) is 53.6 cm³/mol. The molecule has 0 aliphatic rings. The topological polar surface area (TPSA) is 50.7 Å². The van der Waals surface area contributed by atoms with Crippen molar-refractivity contribution < 1.29 is 0 Å². The lowest BCUT2D eigenvalue weighted by Gasteiger charge is -2.02. The van der Waals surface area contributed by atoms with Crippen molar-refractivity contribution in [1.29, 1.82) is 0 Å². The summed E-state index contributed by atoms with van der Waals surface area (Å²) in [6, 6.07) is 7.58. The molecule has 2 heterocycles. The lowest BCUT2D eigenvalue weighted by atomic mass is 10.3. The van der Waals surface area contributed by atoms with Crippen molar-refractivity contribution in [2.45, 2.75) is 6.54 Å². The molecule has 0 amide bonds. The van der Waals surface area contributed by atoms with Crippen LogP contribution in [-0.4, -0.2) is 15.0 Å². The molecule has 14 heavy (non-hydrogen) atoms. The van der Waals surface area contributed by atoms with Crippen LogP contribution in [-0.2, 0) is 6.54 Å². The van der Waals surface area contributed by atoms with Crippen LogP contribution >= 0.6 is 0 Å². The van der Waals surface area contributed by atoms with Crippen molar-refractivity contribution in [3.05, 3.63) is 48.5 Å². The average molecular weight is 186 g/mol. The quantitative estimate of drug-likeness (QED) is 0.788. The predicted octanol–water partition coefficient (Wildman–Crippen LogP) is 1.48. The van der Waals surface area contributed by atoms with E-state index in [9.17, 15) is 0 Å². The number of aromatic nitrogens is 3. The average Bonchev–Trinajstić information content (AvgIpc) is 2.29. The zero-order valence-corrected chi connectivity index (χ0v) is 7.59. The Bertz CT molecular complexity index is 334. The van der Waals surface area contributed by atoms with Crippen LogP contribution in [0.5, 0.6) is 0 Å². The van der Waals surface area contributed by atoms with Gasteiger partial charge >= 0.3 is 0 Å². The molecule has 0 radical (unpaired) electrons. The highest BCUT2D eigenvalue weighted by Gasteiger charge is 1.94. The second-order valence-electron chi connectivity index (χ2n) is 2.75. The molecule has 0 bridgehead atoms. The van der Waals surface area contributed by atoms with Gasteiger partial charge in [-0.25, -0.2) is 9.97 Å². The molecule has 0 spiro atoms. The van der Waals surface area contributed by atoms with E-state index in [4.69, 9.17) is 0 Å². The molecule has 4 heteroatoms. The standard InChI is InChI=1S/C10H10N4/c1-2-5-11-9(4-1)8-14-10-12-6-3-7-13-10/h1-7H,8H2,(H,12,13,14). The normalized spacial score (nSPS) is 9.71. The first-order valence-electron chi connectivity index (χ1n) is 4.36. The summed E-state index contributed by atoms with van der Waals surface area (Å²) >= 11 is 0. The highest BCUT2D eigenvalue weighted by molar-refractivity contribution is 5.23. The fraction of sp³-hybridized carbons (Fsp3) is 0.100. The third kappa shape index (κ3) is 2.26. The number of hydrogen-bond acceptors (Lipinski definition) is 4. The number of nitrogens with one attached hydrogen (secondary N) is 1. The molecular weight excluding hydrogens is 176 g/mol. The summed E-state index contributed by atoms with van der Waals surface area (Å²) in [7, 11) is 0. The maximum Gasteiger partial charge on any atom is 0.222 e. The summed E-state index contributed by atoms with van der Waals surface area (Å²) in [6.07, 6.45) is 5.17. The number of anilines is 1. The van der Waals surface area contributed by atoms with Crippen LogP contribution in [0.3, 0.4) is 0 Å². The third-order valence-corrected chi connectivity index (χ3v) is 1.72. The van der Waals surface area contributed by atoms with Gasteiger partial charge in [0.15, 0.2) is 0 Å². The minimum absolute atomic E-state index is 0.623. The van der Waals surface area contributed by atoms with Gasteiger partial charge < -0.3 is 5.32 Å². The van der Waals surface area contributed by atoms with E-state index in [2.05, 4.69) is 20.3 Å². The molecule has 2 rings (SSSR count). The Balaban J connectivity index is 1.96. The summed E-state index contributed by atoms with van der Waals surface area (Å²) in [5.74, 6) is 0.623. The Morgan fingerprint density at radius 3 is 2.43 bits per heavy atom. The maximum absolute atomic E-state index is 4.18. The van der Waals surface area contributed by atoms with Crippen molar-refractivity contribution in [3.8, 4) is 0 Å². The highest BCUT2D eigenvalue weighted by atomic mass is 15.1. The van der Waals surface area contributed by atoms with Crippen molar-refractivity contribution in [1.82, 2.24) is 15.0 Å². The first-order chi connectivity index (χ1) is 6.95. The van der Waals surface area contributed by atoms with Crippen LogP contribution in [0.2, 0.25) is 0 Å². The molecule has 0 atom stereocenters. The zero-order valence-electron chi connectivity index (χ0n) is 7.59. The molecule has 2 aromatic heterocycles. The Labute approximate surface area is 82.1 Å². The van der Waals surface area contributed by atoms with E-state index in [-0.39, 0.29) is 0 Å². The summed E-state index contributed by atoms with van der Waals surface area (Å²) in [6.45, 7) is 0.644. The van der Waals surface area contributed by atoms with E-state index in [1.54, 1.807) is 24.7 Å². The van der Waals surface area contributed by atoms with Gasteiger partial charge in [0, 0.05) is 18.6 Å². The molecule has 70 valence electrons. The van der Waals surface area contributed by atoms with Crippen molar-refractivity contribution >= 4 is 5.95 Å². The van der Waals surface area contributed by atoms with Gasteiger partial charge in [-0.05, 0) is 18.2 Å². The number of pyridine rings is 1. The van der Waals surface area contributed by atoms with Crippen LogP contribution in [0.15, 0.2) is 42.9 Å². The van der Waals surface area contributed by atoms with Gasteiger partial charge in [0.25, 0.3) is 0 Å². The van der Waals surface area contributed by atoms with Gasteiger partial charge in [-0.15, -0.1) is 0 Å². The molecule has 0 saturated carbocycles. The van der Waals surface area contributed by atoms with E-state index in [1.165, 1.54) is 0 Å². The van der Waals surface area contributed by atoms with Gasteiger partial charge in [0.2, 0.25) is 5.95 Å². The summed E-state index contributed by atoms with van der Waals surface area (Å²) < 4.78 is 0. The first-order valence-corrected chi connectivity index (χ1v) is 4.36. The molecule has 0 aromatic carbocycles. The fourth-order valence-corrected chi connectivity index (χ4v) is 1.06. The molecule has 2 aromatic rings. The van der Waals surface area contributed by atoms with E-state index in [0.717, 1.165) is 5.69 Å². The lowest BCUT2D eigenvalue weighted by Crippen LogP contribution is -2.03. The Hall–Kier alpha value is -1.97. The first kappa shape index (κ1) is 8.62. The van der Waals surface area contributed by atoms with Gasteiger partial charge in [0.1, 0.15) is 0 Å². The van der Waals surface area contributed by atoms with Crippen LogP contribution in [0, 0.1) is 0 Å². The van der Waals surface area contributed by atoms with Gasteiger partial charge in [-0.3, -0.25) is 4.98 Å². The van der Waals surface area contributed by atoms with E-state index in [0.29, 0.717) is 12.5 Å². The Kier molecular flexibility index (Phi) is 2.66. The Morgan fingerprint density at radius 1 is 0.929 bits per heavy atom. The van der Waals surface area contributed by atoms with E-state index >= 15 is 0 Å². The molecule has 1 N–H and O–H groups in total.